The number of nitrogens with one attached hydrogen (secondary N) is 1. The first-order chi connectivity index (χ1) is 10.5. The van der Waals surface area contributed by atoms with Crippen LogP contribution in [0.1, 0.15) is 22.8 Å². The number of carbonyl (C=O) groups is 1. The minimum absolute atomic E-state index is 0.0237. The van der Waals surface area contributed by atoms with Crippen LogP contribution in [-0.2, 0) is 7.05 Å². The summed E-state index contributed by atoms with van der Waals surface area (Å²) in [6, 6.07) is 0.0851. The molecule has 0 radical (unpaired) electrons. The van der Waals surface area contributed by atoms with Crippen LogP contribution in [0.4, 0.5) is 0 Å². The van der Waals surface area contributed by atoms with Crippen molar-refractivity contribution in [2.24, 2.45) is 7.05 Å². The predicted octanol–water partition coefficient (Wildman–Crippen LogP) is 0.120. The first-order valence-electron chi connectivity index (χ1n) is 6.75. The normalized spacial score (nSPS) is 17.9. The van der Waals surface area contributed by atoms with Gasteiger partial charge >= 0.3 is 5.69 Å². The molecule has 0 aromatic carbocycles. The summed E-state index contributed by atoms with van der Waals surface area (Å²) in [7, 11) is 1.34. The fourth-order valence-corrected chi connectivity index (χ4v) is 2.85. The summed E-state index contributed by atoms with van der Waals surface area (Å²) < 4.78 is 3.58. The Kier molecular flexibility index (Phi) is 3.73. The molecule has 1 aliphatic rings. The van der Waals surface area contributed by atoms with Crippen LogP contribution in [0.2, 0.25) is 0 Å². The van der Waals surface area contributed by atoms with Gasteiger partial charge in [-0.2, -0.15) is 5.10 Å². The van der Waals surface area contributed by atoms with Gasteiger partial charge in [-0.25, -0.2) is 4.79 Å². The molecule has 3 rings (SSSR count). The number of carbonyl (C=O) groups excluding carboxylic acids is 1. The third kappa shape index (κ3) is 2.52. The van der Waals surface area contributed by atoms with E-state index in [1.165, 1.54) is 13.2 Å². The lowest BCUT2D eigenvalue weighted by atomic mass is 10.3. The van der Waals surface area contributed by atoms with Gasteiger partial charge in [-0.1, -0.05) is 0 Å². The van der Waals surface area contributed by atoms with Crippen LogP contribution in [0.15, 0.2) is 32.7 Å². The lowest BCUT2D eigenvalue weighted by Gasteiger charge is -2.16. The second-order valence-electron chi connectivity index (χ2n) is 5.20. The first kappa shape index (κ1) is 14.8. The van der Waals surface area contributed by atoms with E-state index in [0.29, 0.717) is 13.1 Å². The molecule has 1 N–H and O–H groups in total. The summed E-state index contributed by atoms with van der Waals surface area (Å²) in [5.41, 5.74) is -1.15. The zero-order valence-corrected chi connectivity index (χ0v) is 13.4. The Labute approximate surface area is 133 Å². The molecule has 3 heterocycles. The van der Waals surface area contributed by atoms with E-state index >= 15 is 0 Å². The van der Waals surface area contributed by atoms with Crippen molar-refractivity contribution >= 4 is 21.8 Å². The van der Waals surface area contributed by atoms with E-state index in [0.717, 1.165) is 15.5 Å². The SMILES string of the molecule is Cn1c(=O)[nH]cc(C(=O)N2CCC(n3cc(Br)cn3)C2)c1=O. The summed E-state index contributed by atoms with van der Waals surface area (Å²) in [6.45, 7) is 1.03. The first-order valence-corrected chi connectivity index (χ1v) is 7.54. The number of aromatic nitrogens is 4. The number of amides is 1. The Morgan fingerprint density at radius 2 is 2.23 bits per heavy atom. The van der Waals surface area contributed by atoms with Crippen molar-refractivity contribution in [1.29, 1.82) is 0 Å². The Bertz CT molecular complexity index is 837. The molecule has 1 amide bonds. The van der Waals surface area contributed by atoms with Crippen molar-refractivity contribution in [2.75, 3.05) is 13.1 Å². The van der Waals surface area contributed by atoms with Crippen molar-refractivity contribution in [2.45, 2.75) is 12.5 Å². The molecule has 9 heteroatoms. The number of rotatable bonds is 2. The van der Waals surface area contributed by atoms with Gasteiger partial charge in [0.1, 0.15) is 5.56 Å². The molecule has 116 valence electrons. The second kappa shape index (κ2) is 5.56. The fourth-order valence-electron chi connectivity index (χ4n) is 2.55. The number of aromatic amines is 1. The van der Waals surface area contributed by atoms with E-state index in [4.69, 9.17) is 0 Å². The van der Waals surface area contributed by atoms with E-state index < -0.39 is 11.2 Å². The average molecular weight is 368 g/mol. The predicted molar refractivity (Wildman–Crippen MR) is 81.8 cm³/mol. The minimum Gasteiger partial charge on any atom is -0.336 e. The molecule has 22 heavy (non-hydrogen) atoms. The maximum Gasteiger partial charge on any atom is 0.328 e. The molecule has 0 aliphatic carbocycles. The lowest BCUT2D eigenvalue weighted by Crippen LogP contribution is -2.40. The zero-order valence-electron chi connectivity index (χ0n) is 11.8. The van der Waals surface area contributed by atoms with Crippen molar-refractivity contribution in [1.82, 2.24) is 24.2 Å². The van der Waals surface area contributed by atoms with Crippen molar-refractivity contribution in [3.8, 4) is 0 Å². The molecule has 1 aliphatic heterocycles. The molecule has 1 atom stereocenters. The van der Waals surface area contributed by atoms with Crippen LogP contribution in [0.25, 0.3) is 0 Å². The highest BCUT2D eigenvalue weighted by molar-refractivity contribution is 9.10. The zero-order chi connectivity index (χ0) is 15.9. The van der Waals surface area contributed by atoms with Gasteiger partial charge < -0.3 is 9.88 Å². The molecule has 1 fully saturated rings. The quantitative estimate of drug-likeness (QED) is 0.815. The van der Waals surface area contributed by atoms with Crippen molar-refractivity contribution < 1.29 is 4.79 Å². The van der Waals surface area contributed by atoms with E-state index in [1.807, 2.05) is 10.9 Å². The van der Waals surface area contributed by atoms with Crippen LogP contribution in [0.5, 0.6) is 0 Å². The molecule has 0 saturated carbocycles. The van der Waals surface area contributed by atoms with Crippen LogP contribution in [-0.4, -0.2) is 43.2 Å². The Hall–Kier alpha value is -2.16. The topological polar surface area (TPSA) is 93.0 Å². The summed E-state index contributed by atoms with van der Waals surface area (Å²) in [6.07, 6.45) is 5.51. The number of likely N-dealkylation sites (tertiary alicyclic amines) is 1. The van der Waals surface area contributed by atoms with Gasteiger partial charge in [-0.05, 0) is 22.4 Å². The highest BCUT2D eigenvalue weighted by Gasteiger charge is 2.30. The molecule has 0 bridgehead atoms. The van der Waals surface area contributed by atoms with Crippen LogP contribution in [0, 0.1) is 0 Å². The minimum atomic E-state index is -0.584. The number of H-pyrrole nitrogens is 1. The highest BCUT2D eigenvalue weighted by Crippen LogP contribution is 2.23. The molecule has 8 nitrogen and oxygen atoms in total. The molecular formula is C13H14BrN5O3. The summed E-state index contributed by atoms with van der Waals surface area (Å²) in [5.74, 6) is -0.370. The maximum atomic E-state index is 12.5. The number of hydrogen-bond acceptors (Lipinski definition) is 4. The fraction of sp³-hybridized carbons (Fsp3) is 0.385. The van der Waals surface area contributed by atoms with Crippen molar-refractivity contribution in [3.63, 3.8) is 0 Å². The smallest absolute Gasteiger partial charge is 0.328 e. The van der Waals surface area contributed by atoms with Crippen LogP contribution >= 0.6 is 15.9 Å². The van der Waals surface area contributed by atoms with Crippen molar-refractivity contribution in [3.05, 3.63) is 49.5 Å². The number of halogens is 1. The summed E-state index contributed by atoms with van der Waals surface area (Å²) in [5, 5.41) is 4.23. The van der Waals surface area contributed by atoms with Crippen LogP contribution < -0.4 is 11.2 Å². The van der Waals surface area contributed by atoms with Crippen LogP contribution in [0.3, 0.4) is 0 Å². The van der Waals surface area contributed by atoms with E-state index in [-0.39, 0.29) is 17.5 Å². The number of nitrogens with zero attached hydrogens (tertiary/aromatic N) is 4. The second-order valence-corrected chi connectivity index (χ2v) is 6.12. The highest BCUT2D eigenvalue weighted by atomic mass is 79.9. The molecule has 1 unspecified atom stereocenters. The van der Waals surface area contributed by atoms with Gasteiger partial charge in [0.05, 0.1) is 16.7 Å². The Morgan fingerprint density at radius 3 is 2.91 bits per heavy atom. The lowest BCUT2D eigenvalue weighted by molar-refractivity contribution is 0.0784. The van der Waals surface area contributed by atoms with E-state index in [1.54, 1.807) is 11.1 Å². The molecule has 2 aromatic heterocycles. The largest absolute Gasteiger partial charge is 0.336 e. The maximum absolute atomic E-state index is 12.5. The van der Waals surface area contributed by atoms with Gasteiger partial charge in [0.2, 0.25) is 0 Å². The van der Waals surface area contributed by atoms with E-state index in [9.17, 15) is 14.4 Å². The van der Waals surface area contributed by atoms with Gasteiger partial charge in [0.25, 0.3) is 11.5 Å². The number of hydrogen-bond donors (Lipinski definition) is 1. The average Bonchev–Trinajstić information content (AvgIpc) is 3.13. The summed E-state index contributed by atoms with van der Waals surface area (Å²) >= 11 is 3.34. The van der Waals surface area contributed by atoms with Gasteiger partial charge in [0.15, 0.2) is 0 Å². The Morgan fingerprint density at radius 1 is 1.45 bits per heavy atom. The third-order valence-corrected chi connectivity index (χ3v) is 4.21. The molecule has 0 spiro atoms. The van der Waals surface area contributed by atoms with Gasteiger partial charge in [-0.3, -0.25) is 18.8 Å². The summed E-state index contributed by atoms with van der Waals surface area (Å²) in [4.78, 5) is 39.8. The molecule has 2 aromatic rings. The van der Waals surface area contributed by atoms with E-state index in [2.05, 4.69) is 26.0 Å². The Balaban J connectivity index is 1.81. The van der Waals surface area contributed by atoms with Gasteiger partial charge in [-0.15, -0.1) is 0 Å². The standard InChI is InChI=1S/C13H14BrN5O3/c1-17-11(20)10(5-15-13(17)22)12(21)18-3-2-9(7-18)19-6-8(14)4-16-19/h4-6,9H,2-3,7H2,1H3,(H,15,22). The molecule has 1 saturated heterocycles. The monoisotopic (exact) mass is 367 g/mol. The molecular weight excluding hydrogens is 354 g/mol. The van der Waals surface area contributed by atoms with Gasteiger partial charge in [0, 0.05) is 32.5 Å². The third-order valence-electron chi connectivity index (χ3n) is 3.80.